The fourth-order valence-electron chi connectivity index (χ4n) is 1.45. The summed E-state index contributed by atoms with van der Waals surface area (Å²) in [6.07, 6.45) is 1.52. The van der Waals surface area contributed by atoms with Crippen molar-refractivity contribution in [3.05, 3.63) is 34.6 Å². The number of aromatic nitrogens is 3. The first-order valence-corrected chi connectivity index (χ1v) is 7.31. The van der Waals surface area contributed by atoms with Gasteiger partial charge in [0.1, 0.15) is 6.33 Å². The molecular weight excluding hydrogens is 312 g/mol. The zero-order chi connectivity index (χ0) is 13.0. The van der Waals surface area contributed by atoms with E-state index in [9.17, 15) is 0 Å². The van der Waals surface area contributed by atoms with Crippen LogP contribution in [0.4, 0.5) is 0 Å². The first-order valence-electron chi connectivity index (χ1n) is 5.70. The van der Waals surface area contributed by atoms with Crippen LogP contribution in [0.3, 0.4) is 0 Å². The topological polar surface area (TPSA) is 53.6 Å². The van der Waals surface area contributed by atoms with E-state index in [0.29, 0.717) is 6.04 Å². The minimum absolute atomic E-state index is 0.465. The lowest BCUT2D eigenvalue weighted by molar-refractivity contribution is 0.584. The molecule has 1 heterocycles. The lowest BCUT2D eigenvalue weighted by atomic mass is 10.2. The van der Waals surface area contributed by atoms with Gasteiger partial charge in [0.05, 0.1) is 0 Å². The van der Waals surface area contributed by atoms with Gasteiger partial charge in [-0.3, -0.25) is 5.10 Å². The highest BCUT2D eigenvalue weighted by molar-refractivity contribution is 9.10. The standard InChI is InChI=1S/C12H15BrN4S/c1-8(2)14-6-9-5-10(13)3-4-11(9)18-12-15-7-16-17-12/h3-5,7-8,14H,6H2,1-2H3,(H,15,16,17). The van der Waals surface area contributed by atoms with Crippen LogP contribution in [0.1, 0.15) is 19.4 Å². The van der Waals surface area contributed by atoms with Crippen molar-refractivity contribution < 1.29 is 0 Å². The van der Waals surface area contributed by atoms with Gasteiger partial charge in [0.2, 0.25) is 0 Å². The smallest absolute Gasteiger partial charge is 0.188 e. The van der Waals surface area contributed by atoms with Gasteiger partial charge in [-0.2, -0.15) is 5.10 Å². The molecule has 0 radical (unpaired) electrons. The maximum Gasteiger partial charge on any atom is 0.188 e. The second-order valence-electron chi connectivity index (χ2n) is 4.18. The van der Waals surface area contributed by atoms with E-state index in [1.54, 1.807) is 11.8 Å². The molecule has 0 saturated heterocycles. The average molecular weight is 327 g/mol. The fourth-order valence-corrected chi connectivity index (χ4v) is 2.66. The van der Waals surface area contributed by atoms with E-state index < -0.39 is 0 Å². The molecule has 1 aromatic carbocycles. The van der Waals surface area contributed by atoms with Crippen LogP contribution in [-0.4, -0.2) is 21.2 Å². The van der Waals surface area contributed by atoms with Crippen LogP contribution in [0.2, 0.25) is 0 Å². The molecule has 0 aliphatic rings. The predicted octanol–water partition coefficient (Wildman–Crippen LogP) is 3.22. The van der Waals surface area contributed by atoms with E-state index >= 15 is 0 Å². The van der Waals surface area contributed by atoms with Crippen LogP contribution < -0.4 is 5.32 Å². The number of nitrogens with zero attached hydrogens (tertiary/aromatic N) is 2. The van der Waals surface area contributed by atoms with Gasteiger partial charge < -0.3 is 5.32 Å². The Bertz CT molecular complexity index is 499. The number of aromatic amines is 1. The maximum atomic E-state index is 4.13. The number of benzene rings is 1. The van der Waals surface area contributed by atoms with Crippen molar-refractivity contribution in [1.29, 1.82) is 0 Å². The third-order valence-corrected chi connectivity index (χ3v) is 3.82. The van der Waals surface area contributed by atoms with Crippen LogP contribution in [0.15, 0.2) is 39.1 Å². The van der Waals surface area contributed by atoms with Crippen molar-refractivity contribution in [2.75, 3.05) is 0 Å². The molecule has 0 fully saturated rings. The van der Waals surface area contributed by atoms with Gasteiger partial charge in [0, 0.05) is 22.0 Å². The van der Waals surface area contributed by atoms with E-state index in [-0.39, 0.29) is 0 Å². The van der Waals surface area contributed by atoms with Crippen LogP contribution in [0.5, 0.6) is 0 Å². The van der Waals surface area contributed by atoms with Crippen molar-refractivity contribution in [2.45, 2.75) is 36.5 Å². The van der Waals surface area contributed by atoms with Crippen LogP contribution in [0, 0.1) is 0 Å². The predicted molar refractivity (Wildman–Crippen MR) is 76.6 cm³/mol. The molecule has 0 aliphatic carbocycles. The lowest BCUT2D eigenvalue weighted by Crippen LogP contribution is -2.22. The number of hydrogen-bond acceptors (Lipinski definition) is 4. The molecule has 1 aromatic heterocycles. The minimum Gasteiger partial charge on any atom is -0.310 e. The summed E-state index contributed by atoms with van der Waals surface area (Å²) < 4.78 is 1.09. The summed E-state index contributed by atoms with van der Waals surface area (Å²) in [6.45, 7) is 5.12. The zero-order valence-corrected chi connectivity index (χ0v) is 12.7. The molecule has 0 saturated carbocycles. The zero-order valence-electron chi connectivity index (χ0n) is 10.3. The van der Waals surface area contributed by atoms with Gasteiger partial charge in [-0.1, -0.05) is 41.5 Å². The van der Waals surface area contributed by atoms with Crippen molar-refractivity contribution in [3.8, 4) is 0 Å². The maximum absolute atomic E-state index is 4.13. The Kier molecular flexibility index (Phi) is 4.79. The van der Waals surface area contributed by atoms with Crippen LogP contribution >= 0.6 is 27.7 Å². The molecule has 0 bridgehead atoms. The first kappa shape index (κ1) is 13.6. The molecule has 0 aliphatic heterocycles. The number of H-pyrrole nitrogens is 1. The molecule has 0 atom stereocenters. The van der Waals surface area contributed by atoms with Crippen LogP contribution in [0.25, 0.3) is 0 Å². The molecule has 96 valence electrons. The summed E-state index contributed by atoms with van der Waals surface area (Å²) in [6, 6.07) is 6.73. The molecule has 2 rings (SSSR count). The summed E-state index contributed by atoms with van der Waals surface area (Å²) in [4.78, 5) is 5.32. The number of rotatable bonds is 5. The van der Waals surface area contributed by atoms with Crippen molar-refractivity contribution in [2.24, 2.45) is 0 Å². The van der Waals surface area contributed by atoms with Crippen molar-refractivity contribution in [3.63, 3.8) is 0 Å². The molecule has 0 spiro atoms. The average Bonchev–Trinajstić information content (AvgIpc) is 2.82. The summed E-state index contributed by atoms with van der Waals surface area (Å²) in [7, 11) is 0. The monoisotopic (exact) mass is 326 g/mol. The van der Waals surface area contributed by atoms with Crippen molar-refractivity contribution in [1.82, 2.24) is 20.5 Å². The quantitative estimate of drug-likeness (QED) is 0.885. The number of halogens is 1. The minimum atomic E-state index is 0.465. The summed E-state index contributed by atoms with van der Waals surface area (Å²) >= 11 is 5.10. The Hall–Kier alpha value is -0.850. The summed E-state index contributed by atoms with van der Waals surface area (Å²) in [5.74, 6) is 0. The fraction of sp³-hybridized carbons (Fsp3) is 0.333. The molecule has 2 aromatic rings. The van der Waals surface area contributed by atoms with Crippen LogP contribution in [-0.2, 0) is 6.54 Å². The van der Waals surface area contributed by atoms with E-state index in [2.05, 4.69) is 62.4 Å². The molecule has 0 unspecified atom stereocenters. The molecule has 0 amide bonds. The Morgan fingerprint density at radius 1 is 1.44 bits per heavy atom. The van der Waals surface area contributed by atoms with E-state index in [1.807, 2.05) is 6.07 Å². The number of hydrogen-bond donors (Lipinski definition) is 2. The Balaban J connectivity index is 2.17. The highest BCUT2D eigenvalue weighted by atomic mass is 79.9. The van der Waals surface area contributed by atoms with E-state index in [4.69, 9.17) is 0 Å². The van der Waals surface area contributed by atoms with E-state index in [0.717, 1.165) is 16.2 Å². The Morgan fingerprint density at radius 2 is 2.28 bits per heavy atom. The van der Waals surface area contributed by atoms with Gasteiger partial charge in [-0.05, 0) is 23.8 Å². The van der Waals surface area contributed by atoms with E-state index in [1.165, 1.54) is 16.8 Å². The second-order valence-corrected chi connectivity index (χ2v) is 6.13. The largest absolute Gasteiger partial charge is 0.310 e. The van der Waals surface area contributed by atoms with Gasteiger partial charge in [-0.25, -0.2) is 4.98 Å². The molecule has 2 N–H and O–H groups in total. The SMILES string of the molecule is CC(C)NCc1cc(Br)ccc1Sc1ncn[nH]1. The third-order valence-electron chi connectivity index (χ3n) is 2.32. The lowest BCUT2D eigenvalue weighted by Gasteiger charge is -2.12. The molecule has 18 heavy (non-hydrogen) atoms. The van der Waals surface area contributed by atoms with Gasteiger partial charge >= 0.3 is 0 Å². The molecule has 6 heteroatoms. The van der Waals surface area contributed by atoms with Gasteiger partial charge in [0.25, 0.3) is 0 Å². The molecular formula is C12H15BrN4S. The normalized spacial score (nSPS) is 11.1. The highest BCUT2D eigenvalue weighted by Gasteiger charge is 2.07. The third kappa shape index (κ3) is 3.83. The number of nitrogens with one attached hydrogen (secondary N) is 2. The molecule has 4 nitrogen and oxygen atoms in total. The van der Waals surface area contributed by atoms with Crippen molar-refractivity contribution >= 4 is 27.7 Å². The van der Waals surface area contributed by atoms with Gasteiger partial charge in [-0.15, -0.1) is 0 Å². The highest BCUT2D eigenvalue weighted by Crippen LogP contribution is 2.29. The first-order chi connectivity index (χ1) is 8.65. The summed E-state index contributed by atoms with van der Waals surface area (Å²) in [5, 5.41) is 11.0. The second kappa shape index (κ2) is 6.36. The van der Waals surface area contributed by atoms with Gasteiger partial charge in [0.15, 0.2) is 5.16 Å². The Morgan fingerprint density at radius 3 is 2.94 bits per heavy atom. The summed E-state index contributed by atoms with van der Waals surface area (Å²) in [5.41, 5.74) is 1.25. The Labute approximate surface area is 119 Å².